The van der Waals surface area contributed by atoms with E-state index in [-0.39, 0.29) is 30.5 Å². The number of benzene rings is 2. The standard InChI is InChI=1S/C21H18F3N3O3/c22-21(23,24)16-7-4-8-17(11-16)29-10-9-25-20(28)18-12-19(27-14-26-18)30-13-15-5-2-1-3-6-15/h1-8,11-12,14H,9-10,13H2,(H,25,28). The molecule has 6 nitrogen and oxygen atoms in total. The molecule has 0 saturated carbocycles. The zero-order valence-electron chi connectivity index (χ0n) is 15.7. The molecule has 9 heteroatoms. The minimum Gasteiger partial charge on any atom is -0.492 e. The van der Waals surface area contributed by atoms with Crippen LogP contribution in [-0.4, -0.2) is 29.0 Å². The van der Waals surface area contributed by atoms with Crippen LogP contribution in [0.3, 0.4) is 0 Å². The van der Waals surface area contributed by atoms with Crippen molar-refractivity contribution in [2.75, 3.05) is 13.2 Å². The lowest BCUT2D eigenvalue weighted by atomic mass is 10.2. The van der Waals surface area contributed by atoms with Gasteiger partial charge in [-0.1, -0.05) is 36.4 Å². The summed E-state index contributed by atoms with van der Waals surface area (Å²) in [7, 11) is 0. The molecule has 2 aromatic carbocycles. The van der Waals surface area contributed by atoms with Gasteiger partial charge >= 0.3 is 6.18 Å². The number of amides is 1. The van der Waals surface area contributed by atoms with E-state index in [1.807, 2.05) is 30.3 Å². The van der Waals surface area contributed by atoms with Crippen molar-refractivity contribution >= 4 is 5.91 Å². The molecule has 0 saturated heterocycles. The van der Waals surface area contributed by atoms with Gasteiger partial charge in [0.05, 0.1) is 12.1 Å². The Morgan fingerprint density at radius 1 is 0.967 bits per heavy atom. The molecule has 0 aliphatic rings. The van der Waals surface area contributed by atoms with Gasteiger partial charge in [-0.3, -0.25) is 4.79 Å². The molecule has 0 aliphatic carbocycles. The summed E-state index contributed by atoms with van der Waals surface area (Å²) < 4.78 is 48.9. The Labute approximate surface area is 170 Å². The number of alkyl halides is 3. The molecule has 1 N–H and O–H groups in total. The molecule has 0 unspecified atom stereocenters. The zero-order chi connectivity index (χ0) is 21.4. The number of carbonyl (C=O) groups is 1. The predicted octanol–water partition coefficient (Wildman–Crippen LogP) is 3.88. The van der Waals surface area contributed by atoms with Gasteiger partial charge in [0, 0.05) is 6.07 Å². The lowest BCUT2D eigenvalue weighted by Gasteiger charge is -2.11. The highest BCUT2D eigenvalue weighted by Crippen LogP contribution is 2.31. The minimum absolute atomic E-state index is 0.00447. The molecule has 1 heterocycles. The molecule has 0 atom stereocenters. The average Bonchev–Trinajstić information content (AvgIpc) is 2.76. The first kappa shape index (κ1) is 21.1. The molecule has 3 rings (SSSR count). The van der Waals surface area contributed by atoms with E-state index in [4.69, 9.17) is 9.47 Å². The number of hydrogen-bond acceptors (Lipinski definition) is 5. The van der Waals surface area contributed by atoms with E-state index >= 15 is 0 Å². The maximum Gasteiger partial charge on any atom is 0.416 e. The fourth-order valence-corrected chi connectivity index (χ4v) is 2.46. The van der Waals surface area contributed by atoms with Crippen LogP contribution in [-0.2, 0) is 12.8 Å². The van der Waals surface area contributed by atoms with E-state index in [2.05, 4.69) is 15.3 Å². The van der Waals surface area contributed by atoms with Crippen LogP contribution in [0.5, 0.6) is 11.6 Å². The van der Waals surface area contributed by atoms with Crippen molar-refractivity contribution < 1.29 is 27.4 Å². The van der Waals surface area contributed by atoms with Gasteiger partial charge in [0.2, 0.25) is 5.88 Å². The molecule has 0 spiro atoms. The smallest absolute Gasteiger partial charge is 0.416 e. The summed E-state index contributed by atoms with van der Waals surface area (Å²) >= 11 is 0. The van der Waals surface area contributed by atoms with Crippen molar-refractivity contribution in [1.29, 1.82) is 0 Å². The Hall–Kier alpha value is -3.62. The van der Waals surface area contributed by atoms with Crippen LogP contribution < -0.4 is 14.8 Å². The van der Waals surface area contributed by atoms with E-state index in [1.54, 1.807) is 0 Å². The van der Waals surface area contributed by atoms with Gasteiger partial charge in [-0.15, -0.1) is 0 Å². The molecule has 3 aromatic rings. The van der Waals surface area contributed by atoms with Gasteiger partial charge in [-0.05, 0) is 23.8 Å². The predicted molar refractivity (Wildman–Crippen MR) is 102 cm³/mol. The molecule has 1 amide bonds. The Kier molecular flexibility index (Phi) is 6.84. The summed E-state index contributed by atoms with van der Waals surface area (Å²) in [5.41, 5.74) is 0.258. The molecule has 0 bridgehead atoms. The SMILES string of the molecule is O=C(NCCOc1cccc(C(F)(F)F)c1)c1cc(OCc2ccccc2)ncn1. The summed E-state index contributed by atoms with van der Waals surface area (Å²) in [5.74, 6) is -0.161. The fraction of sp³-hybridized carbons (Fsp3) is 0.190. The Morgan fingerprint density at radius 2 is 1.77 bits per heavy atom. The monoisotopic (exact) mass is 417 g/mol. The van der Waals surface area contributed by atoms with Crippen molar-refractivity contribution in [2.45, 2.75) is 12.8 Å². The van der Waals surface area contributed by atoms with Crippen LogP contribution >= 0.6 is 0 Å². The van der Waals surface area contributed by atoms with Gasteiger partial charge < -0.3 is 14.8 Å². The van der Waals surface area contributed by atoms with E-state index in [0.29, 0.717) is 6.61 Å². The van der Waals surface area contributed by atoms with E-state index in [0.717, 1.165) is 17.7 Å². The first-order valence-corrected chi connectivity index (χ1v) is 8.99. The first-order valence-electron chi connectivity index (χ1n) is 8.99. The molecular weight excluding hydrogens is 399 g/mol. The highest BCUT2D eigenvalue weighted by atomic mass is 19.4. The van der Waals surface area contributed by atoms with Crippen molar-refractivity contribution in [3.05, 3.63) is 83.8 Å². The van der Waals surface area contributed by atoms with Crippen LogP contribution in [0.1, 0.15) is 21.6 Å². The third-order valence-electron chi connectivity index (χ3n) is 3.92. The largest absolute Gasteiger partial charge is 0.492 e. The number of nitrogens with one attached hydrogen (secondary N) is 1. The second-order valence-corrected chi connectivity index (χ2v) is 6.15. The lowest BCUT2D eigenvalue weighted by Crippen LogP contribution is -2.28. The number of ether oxygens (including phenoxy) is 2. The zero-order valence-corrected chi connectivity index (χ0v) is 15.7. The quantitative estimate of drug-likeness (QED) is 0.563. The third-order valence-corrected chi connectivity index (χ3v) is 3.92. The van der Waals surface area contributed by atoms with Gasteiger partial charge in [-0.25, -0.2) is 9.97 Å². The number of carbonyl (C=O) groups excluding carboxylic acids is 1. The van der Waals surface area contributed by atoms with Crippen molar-refractivity contribution in [3.63, 3.8) is 0 Å². The summed E-state index contributed by atoms with van der Waals surface area (Å²) in [6.45, 7) is 0.374. The van der Waals surface area contributed by atoms with Crippen LogP contribution in [0.2, 0.25) is 0 Å². The van der Waals surface area contributed by atoms with Crippen LogP contribution in [0.15, 0.2) is 67.0 Å². The van der Waals surface area contributed by atoms with Crippen LogP contribution in [0.4, 0.5) is 13.2 Å². The topological polar surface area (TPSA) is 73.3 Å². The normalized spacial score (nSPS) is 11.0. The number of hydrogen-bond donors (Lipinski definition) is 1. The van der Waals surface area contributed by atoms with E-state index in [9.17, 15) is 18.0 Å². The Morgan fingerprint density at radius 3 is 2.53 bits per heavy atom. The summed E-state index contributed by atoms with van der Waals surface area (Å²) in [6, 6.07) is 15.4. The van der Waals surface area contributed by atoms with Crippen molar-refractivity contribution in [1.82, 2.24) is 15.3 Å². The summed E-state index contributed by atoms with van der Waals surface area (Å²) in [5, 5.41) is 2.58. The summed E-state index contributed by atoms with van der Waals surface area (Å²) in [6.07, 6.45) is -3.23. The third kappa shape index (κ3) is 6.20. The van der Waals surface area contributed by atoms with Crippen LogP contribution in [0, 0.1) is 0 Å². The highest BCUT2D eigenvalue weighted by molar-refractivity contribution is 5.92. The molecule has 30 heavy (non-hydrogen) atoms. The first-order chi connectivity index (χ1) is 14.4. The number of halogens is 3. The van der Waals surface area contributed by atoms with Gasteiger partial charge in [0.1, 0.15) is 31.0 Å². The molecular formula is C21H18F3N3O3. The second-order valence-electron chi connectivity index (χ2n) is 6.15. The summed E-state index contributed by atoms with van der Waals surface area (Å²) in [4.78, 5) is 20.1. The molecule has 156 valence electrons. The average molecular weight is 417 g/mol. The number of rotatable bonds is 8. The molecule has 0 fully saturated rings. The van der Waals surface area contributed by atoms with E-state index in [1.165, 1.54) is 24.5 Å². The van der Waals surface area contributed by atoms with Gasteiger partial charge in [0.25, 0.3) is 5.91 Å². The van der Waals surface area contributed by atoms with Gasteiger partial charge in [-0.2, -0.15) is 13.2 Å². The molecule has 0 radical (unpaired) electrons. The van der Waals surface area contributed by atoms with E-state index < -0.39 is 17.6 Å². The number of nitrogens with zero attached hydrogens (tertiary/aromatic N) is 2. The van der Waals surface area contributed by atoms with Gasteiger partial charge in [0.15, 0.2) is 0 Å². The lowest BCUT2D eigenvalue weighted by molar-refractivity contribution is -0.137. The van der Waals surface area contributed by atoms with Crippen molar-refractivity contribution in [2.24, 2.45) is 0 Å². The maximum absolute atomic E-state index is 12.7. The van der Waals surface area contributed by atoms with Crippen molar-refractivity contribution in [3.8, 4) is 11.6 Å². The second kappa shape index (κ2) is 9.73. The Bertz CT molecular complexity index is 982. The highest BCUT2D eigenvalue weighted by Gasteiger charge is 2.30. The Balaban J connectivity index is 1.47. The molecule has 1 aromatic heterocycles. The molecule has 0 aliphatic heterocycles. The maximum atomic E-state index is 12.7. The minimum atomic E-state index is -4.44. The number of aromatic nitrogens is 2. The fourth-order valence-electron chi connectivity index (χ4n) is 2.46. The van der Waals surface area contributed by atoms with Crippen LogP contribution in [0.25, 0.3) is 0 Å².